The number of piperidine rings is 1. The maximum atomic E-state index is 12.3. The van der Waals surface area contributed by atoms with Gasteiger partial charge in [-0.1, -0.05) is 37.3 Å². The summed E-state index contributed by atoms with van der Waals surface area (Å²) in [6.07, 6.45) is 0.941. The minimum Gasteiger partial charge on any atom is -0.352 e. The van der Waals surface area contributed by atoms with Crippen LogP contribution in [0.1, 0.15) is 24.8 Å². The molecule has 1 fully saturated rings. The molecule has 0 aromatic heterocycles. The third-order valence-corrected chi connectivity index (χ3v) is 3.96. The van der Waals surface area contributed by atoms with E-state index < -0.39 is 5.92 Å². The van der Waals surface area contributed by atoms with Gasteiger partial charge in [0.05, 0.1) is 6.07 Å². The molecule has 3 unspecified atom stereocenters. The first-order chi connectivity index (χ1) is 9.61. The van der Waals surface area contributed by atoms with Gasteiger partial charge >= 0.3 is 0 Å². The quantitative estimate of drug-likeness (QED) is 0.911. The Morgan fingerprint density at radius 2 is 2.15 bits per heavy atom. The van der Waals surface area contributed by atoms with Crippen LogP contribution in [-0.2, 0) is 4.79 Å². The summed E-state index contributed by atoms with van der Waals surface area (Å²) in [4.78, 5) is 14.6. The van der Waals surface area contributed by atoms with E-state index in [1.807, 2.05) is 30.3 Å². The van der Waals surface area contributed by atoms with Crippen molar-refractivity contribution in [1.82, 2.24) is 10.2 Å². The van der Waals surface area contributed by atoms with Crippen molar-refractivity contribution in [3.8, 4) is 6.07 Å². The number of rotatable bonds is 3. The number of nitriles is 1. The highest BCUT2D eigenvalue weighted by Crippen LogP contribution is 2.19. The molecule has 1 aliphatic heterocycles. The predicted octanol–water partition coefficient (Wildman–Crippen LogP) is 1.75. The van der Waals surface area contributed by atoms with Crippen molar-refractivity contribution >= 4 is 5.91 Å². The molecule has 1 N–H and O–H groups in total. The monoisotopic (exact) mass is 271 g/mol. The molecule has 1 saturated heterocycles. The Morgan fingerprint density at radius 3 is 2.75 bits per heavy atom. The molecule has 0 aliphatic carbocycles. The standard InChI is InChI=1S/C16H21N3O/c1-12-11-19(2)9-8-15(12)18-16(20)14(10-17)13-6-4-3-5-7-13/h3-7,12,14-15H,8-9,11H2,1-2H3,(H,18,20). The van der Waals surface area contributed by atoms with Crippen molar-refractivity contribution in [3.63, 3.8) is 0 Å². The van der Waals surface area contributed by atoms with Crippen molar-refractivity contribution < 1.29 is 4.79 Å². The van der Waals surface area contributed by atoms with Gasteiger partial charge in [-0.25, -0.2) is 0 Å². The maximum absolute atomic E-state index is 12.3. The number of amides is 1. The Bertz CT molecular complexity index is 494. The lowest BCUT2D eigenvalue weighted by molar-refractivity contribution is -0.122. The molecule has 1 aromatic carbocycles. The second kappa shape index (κ2) is 6.53. The molecule has 20 heavy (non-hydrogen) atoms. The van der Waals surface area contributed by atoms with E-state index in [9.17, 15) is 10.1 Å². The second-order valence-electron chi connectivity index (χ2n) is 5.62. The van der Waals surface area contributed by atoms with Crippen LogP contribution in [0.15, 0.2) is 30.3 Å². The topological polar surface area (TPSA) is 56.1 Å². The molecule has 4 nitrogen and oxygen atoms in total. The van der Waals surface area contributed by atoms with E-state index in [0.717, 1.165) is 25.1 Å². The molecule has 2 rings (SSSR count). The van der Waals surface area contributed by atoms with Crippen molar-refractivity contribution in [2.24, 2.45) is 5.92 Å². The van der Waals surface area contributed by atoms with Crippen LogP contribution in [0.5, 0.6) is 0 Å². The summed E-state index contributed by atoms with van der Waals surface area (Å²) >= 11 is 0. The molecular formula is C16H21N3O. The average molecular weight is 271 g/mol. The number of hydrogen-bond acceptors (Lipinski definition) is 3. The Labute approximate surface area is 120 Å². The van der Waals surface area contributed by atoms with Crippen LogP contribution in [0.3, 0.4) is 0 Å². The summed E-state index contributed by atoms with van der Waals surface area (Å²) in [5.74, 6) is -0.490. The number of nitrogens with zero attached hydrogens (tertiary/aromatic N) is 2. The SMILES string of the molecule is CC1CN(C)CCC1NC(=O)C(C#N)c1ccccc1. The molecule has 0 radical (unpaired) electrons. The van der Waals surface area contributed by atoms with Gasteiger partial charge in [0, 0.05) is 12.6 Å². The summed E-state index contributed by atoms with van der Waals surface area (Å²) in [7, 11) is 2.09. The van der Waals surface area contributed by atoms with Crippen LogP contribution in [-0.4, -0.2) is 37.0 Å². The molecular weight excluding hydrogens is 250 g/mol. The van der Waals surface area contributed by atoms with Gasteiger partial charge in [0.1, 0.15) is 5.92 Å². The summed E-state index contributed by atoms with van der Waals surface area (Å²) < 4.78 is 0. The fraction of sp³-hybridized carbons (Fsp3) is 0.500. The van der Waals surface area contributed by atoms with E-state index in [2.05, 4.69) is 30.3 Å². The molecule has 1 aromatic rings. The number of likely N-dealkylation sites (tertiary alicyclic amines) is 1. The first-order valence-corrected chi connectivity index (χ1v) is 7.05. The zero-order chi connectivity index (χ0) is 14.5. The van der Waals surface area contributed by atoms with Crippen molar-refractivity contribution in [3.05, 3.63) is 35.9 Å². The number of nitrogens with one attached hydrogen (secondary N) is 1. The van der Waals surface area contributed by atoms with E-state index in [-0.39, 0.29) is 11.9 Å². The molecule has 1 amide bonds. The summed E-state index contributed by atoms with van der Waals surface area (Å²) in [6, 6.07) is 11.5. The molecule has 106 valence electrons. The van der Waals surface area contributed by atoms with Gasteiger partial charge in [-0.3, -0.25) is 4.79 Å². The highest BCUT2D eigenvalue weighted by molar-refractivity contribution is 5.86. The Morgan fingerprint density at radius 1 is 1.45 bits per heavy atom. The lowest BCUT2D eigenvalue weighted by atomic mass is 9.92. The van der Waals surface area contributed by atoms with Gasteiger partial charge in [0.2, 0.25) is 5.91 Å². The largest absolute Gasteiger partial charge is 0.352 e. The van der Waals surface area contributed by atoms with E-state index >= 15 is 0 Å². The zero-order valence-corrected chi connectivity index (χ0v) is 12.0. The Balaban J connectivity index is 2.02. The fourth-order valence-corrected chi connectivity index (χ4v) is 2.76. The normalized spacial score (nSPS) is 24.6. The van der Waals surface area contributed by atoms with Gasteiger partial charge in [0.15, 0.2) is 0 Å². The van der Waals surface area contributed by atoms with Crippen LogP contribution in [0.4, 0.5) is 0 Å². The molecule has 1 heterocycles. The van der Waals surface area contributed by atoms with Gasteiger partial charge in [-0.2, -0.15) is 5.26 Å². The van der Waals surface area contributed by atoms with E-state index in [0.29, 0.717) is 5.92 Å². The minimum absolute atomic E-state index is 0.165. The van der Waals surface area contributed by atoms with Crippen LogP contribution in [0, 0.1) is 17.2 Å². The van der Waals surface area contributed by atoms with Gasteiger partial charge < -0.3 is 10.2 Å². The van der Waals surface area contributed by atoms with Crippen molar-refractivity contribution in [2.45, 2.75) is 25.3 Å². The van der Waals surface area contributed by atoms with Gasteiger partial charge in [-0.05, 0) is 31.5 Å². The van der Waals surface area contributed by atoms with Crippen molar-refractivity contribution in [1.29, 1.82) is 5.26 Å². The molecule has 4 heteroatoms. The van der Waals surface area contributed by atoms with Gasteiger partial charge in [-0.15, -0.1) is 0 Å². The van der Waals surface area contributed by atoms with E-state index in [1.165, 1.54) is 0 Å². The first kappa shape index (κ1) is 14.5. The maximum Gasteiger partial charge on any atom is 0.242 e. The summed E-state index contributed by atoms with van der Waals surface area (Å²) in [6.45, 7) is 4.11. The number of carbonyl (C=O) groups excluding carboxylic acids is 1. The van der Waals surface area contributed by atoms with E-state index in [1.54, 1.807) is 0 Å². The molecule has 1 aliphatic rings. The lowest BCUT2D eigenvalue weighted by Crippen LogP contribution is -2.49. The zero-order valence-electron chi connectivity index (χ0n) is 12.0. The van der Waals surface area contributed by atoms with Crippen LogP contribution < -0.4 is 5.32 Å². The fourth-order valence-electron chi connectivity index (χ4n) is 2.76. The first-order valence-electron chi connectivity index (χ1n) is 7.05. The predicted molar refractivity (Wildman–Crippen MR) is 78.0 cm³/mol. The summed E-state index contributed by atoms with van der Waals surface area (Å²) in [5, 5.41) is 12.3. The van der Waals surface area contributed by atoms with Gasteiger partial charge in [0.25, 0.3) is 0 Å². The lowest BCUT2D eigenvalue weighted by Gasteiger charge is -2.35. The molecule has 0 spiro atoms. The van der Waals surface area contributed by atoms with Crippen LogP contribution in [0.2, 0.25) is 0 Å². The number of hydrogen-bond donors (Lipinski definition) is 1. The number of carbonyl (C=O) groups is 1. The minimum atomic E-state index is -0.719. The Hall–Kier alpha value is -1.86. The summed E-state index contributed by atoms with van der Waals surface area (Å²) in [5.41, 5.74) is 0.757. The molecule has 3 atom stereocenters. The molecule has 0 saturated carbocycles. The van der Waals surface area contributed by atoms with Crippen molar-refractivity contribution in [2.75, 3.05) is 20.1 Å². The highest BCUT2D eigenvalue weighted by Gasteiger charge is 2.28. The third-order valence-electron chi connectivity index (χ3n) is 3.96. The Kier molecular flexibility index (Phi) is 4.75. The smallest absolute Gasteiger partial charge is 0.242 e. The third kappa shape index (κ3) is 3.37. The molecule has 0 bridgehead atoms. The highest BCUT2D eigenvalue weighted by atomic mass is 16.1. The van der Waals surface area contributed by atoms with Crippen LogP contribution >= 0.6 is 0 Å². The van der Waals surface area contributed by atoms with E-state index in [4.69, 9.17) is 0 Å². The average Bonchev–Trinajstić information content (AvgIpc) is 2.44. The number of benzene rings is 1. The second-order valence-corrected chi connectivity index (χ2v) is 5.62. The van der Waals surface area contributed by atoms with Crippen LogP contribution in [0.25, 0.3) is 0 Å².